The number of piperidine rings is 1. The van der Waals surface area contributed by atoms with Crippen LogP contribution in [-0.2, 0) is 11.3 Å². The molecule has 1 saturated heterocycles. The molecule has 1 unspecified atom stereocenters. The number of nitrogens with zero attached hydrogens (tertiary/aromatic N) is 4. The number of rotatable bonds is 7. The Kier molecular flexibility index (Phi) is 5.99. The van der Waals surface area contributed by atoms with E-state index in [0.29, 0.717) is 19.4 Å². The third-order valence-corrected chi connectivity index (χ3v) is 5.77. The maximum atomic E-state index is 12.4. The van der Waals surface area contributed by atoms with Gasteiger partial charge in [0.05, 0.1) is 16.6 Å². The number of carbonyl (C=O) groups is 1. The third-order valence-electron chi connectivity index (χ3n) is 5.77. The van der Waals surface area contributed by atoms with Gasteiger partial charge in [-0.2, -0.15) is 0 Å². The lowest BCUT2D eigenvalue weighted by molar-refractivity contribution is -0.122. The first-order chi connectivity index (χ1) is 14.5. The Balaban J connectivity index is 1.26. The summed E-state index contributed by atoms with van der Waals surface area (Å²) in [6.07, 6.45) is 4.46. The Hall–Kier alpha value is -2.93. The summed E-state index contributed by atoms with van der Waals surface area (Å²) < 4.78 is 2.15. The van der Waals surface area contributed by atoms with E-state index in [-0.39, 0.29) is 12.5 Å². The van der Waals surface area contributed by atoms with E-state index in [4.69, 9.17) is 0 Å². The Bertz CT molecular complexity index is 1000. The number of fused-ring (bicyclic) bond motifs is 1. The van der Waals surface area contributed by atoms with Gasteiger partial charge < -0.3 is 19.9 Å². The van der Waals surface area contributed by atoms with Crippen LogP contribution in [0.25, 0.3) is 11.0 Å². The van der Waals surface area contributed by atoms with Crippen LogP contribution in [0.2, 0.25) is 0 Å². The Morgan fingerprint density at radius 2 is 2.07 bits per heavy atom. The molecule has 0 aliphatic carbocycles. The number of hydrogen-bond acceptors (Lipinski definition) is 5. The number of hydrogen-bond donors (Lipinski definition) is 2. The maximum absolute atomic E-state index is 12.4. The van der Waals surface area contributed by atoms with Crippen molar-refractivity contribution in [2.75, 3.05) is 24.5 Å². The minimum atomic E-state index is -0.928. The van der Waals surface area contributed by atoms with E-state index in [1.807, 2.05) is 43.3 Å². The first-order valence-electron chi connectivity index (χ1n) is 10.6. The van der Waals surface area contributed by atoms with E-state index in [2.05, 4.69) is 30.8 Å². The van der Waals surface area contributed by atoms with Crippen LogP contribution in [0.15, 0.2) is 48.7 Å². The van der Waals surface area contributed by atoms with Gasteiger partial charge in [0.25, 0.3) is 0 Å². The second-order valence-corrected chi connectivity index (χ2v) is 8.12. The first-order valence-corrected chi connectivity index (χ1v) is 10.6. The average molecular weight is 408 g/mol. The molecule has 7 heteroatoms. The summed E-state index contributed by atoms with van der Waals surface area (Å²) in [5.41, 5.74) is 1.15. The number of aromatic nitrogens is 3. The van der Waals surface area contributed by atoms with E-state index in [9.17, 15) is 9.90 Å². The summed E-state index contributed by atoms with van der Waals surface area (Å²) in [4.78, 5) is 23.4. The van der Waals surface area contributed by atoms with E-state index in [0.717, 1.165) is 48.6 Å². The van der Waals surface area contributed by atoms with Crippen molar-refractivity contribution in [3.8, 4) is 0 Å². The van der Waals surface area contributed by atoms with Crippen molar-refractivity contribution in [3.63, 3.8) is 0 Å². The van der Waals surface area contributed by atoms with Gasteiger partial charge in [-0.15, -0.1) is 0 Å². The molecule has 3 aromatic rings. The monoisotopic (exact) mass is 407 g/mol. The zero-order chi connectivity index (χ0) is 21.0. The predicted octanol–water partition coefficient (Wildman–Crippen LogP) is 2.67. The molecule has 0 spiro atoms. The fourth-order valence-electron chi connectivity index (χ4n) is 4.22. The first kappa shape index (κ1) is 20.3. The Morgan fingerprint density at radius 3 is 2.90 bits per heavy atom. The van der Waals surface area contributed by atoms with Gasteiger partial charge in [0.2, 0.25) is 5.91 Å². The number of aliphatic hydroxyl groups is 1. The van der Waals surface area contributed by atoms with Crippen molar-refractivity contribution in [1.29, 1.82) is 0 Å². The minimum Gasteiger partial charge on any atom is -0.386 e. The van der Waals surface area contributed by atoms with E-state index in [1.165, 1.54) is 0 Å². The molecule has 30 heavy (non-hydrogen) atoms. The lowest BCUT2D eigenvalue weighted by Crippen LogP contribution is -2.54. The van der Waals surface area contributed by atoms with Crippen LogP contribution in [0.3, 0.4) is 0 Å². The number of aryl methyl sites for hydroxylation is 2. The third kappa shape index (κ3) is 4.62. The molecule has 1 aliphatic heterocycles. The van der Waals surface area contributed by atoms with E-state index < -0.39 is 5.60 Å². The van der Waals surface area contributed by atoms with E-state index >= 15 is 0 Å². The molecule has 1 atom stereocenters. The fraction of sp³-hybridized carbons (Fsp3) is 0.435. The largest absolute Gasteiger partial charge is 0.386 e. The smallest absolute Gasteiger partial charge is 0.220 e. The average Bonchev–Trinajstić information content (AvgIpc) is 3.08. The number of anilines is 1. The zero-order valence-electron chi connectivity index (χ0n) is 17.4. The van der Waals surface area contributed by atoms with Gasteiger partial charge in [-0.1, -0.05) is 18.2 Å². The van der Waals surface area contributed by atoms with Gasteiger partial charge in [-0.3, -0.25) is 4.79 Å². The van der Waals surface area contributed by atoms with Crippen molar-refractivity contribution in [2.24, 2.45) is 0 Å². The summed E-state index contributed by atoms with van der Waals surface area (Å²) in [5.74, 6) is 1.80. The highest BCUT2D eigenvalue weighted by atomic mass is 16.3. The van der Waals surface area contributed by atoms with Crippen LogP contribution < -0.4 is 10.2 Å². The molecule has 1 aromatic carbocycles. The van der Waals surface area contributed by atoms with Crippen molar-refractivity contribution in [2.45, 2.75) is 44.8 Å². The second-order valence-electron chi connectivity index (χ2n) is 8.12. The van der Waals surface area contributed by atoms with Gasteiger partial charge in [-0.25, -0.2) is 9.97 Å². The standard InChI is InChI=1S/C23H29N5O2/c1-18-26-19-8-2-3-9-20(19)28(18)15-6-11-22(29)25-16-23(30)12-7-14-27(17-23)21-10-4-5-13-24-21/h2-5,8-10,13,30H,6-7,11-12,14-17H2,1H3,(H,25,29). The molecule has 0 bridgehead atoms. The van der Waals surface area contributed by atoms with Crippen molar-refractivity contribution < 1.29 is 9.90 Å². The SMILES string of the molecule is Cc1nc2ccccc2n1CCCC(=O)NCC1(O)CCCN(c2ccccn2)C1. The summed E-state index contributed by atoms with van der Waals surface area (Å²) in [6, 6.07) is 13.8. The number of nitrogens with one attached hydrogen (secondary N) is 1. The molecule has 1 amide bonds. The van der Waals surface area contributed by atoms with Crippen LogP contribution in [-0.4, -0.2) is 50.8 Å². The molecule has 1 aliphatic rings. The molecule has 0 radical (unpaired) electrons. The van der Waals surface area contributed by atoms with Crippen LogP contribution in [0.5, 0.6) is 0 Å². The fourth-order valence-corrected chi connectivity index (χ4v) is 4.22. The molecule has 158 valence electrons. The van der Waals surface area contributed by atoms with Crippen molar-refractivity contribution >= 4 is 22.8 Å². The Morgan fingerprint density at radius 1 is 1.23 bits per heavy atom. The molecule has 3 heterocycles. The van der Waals surface area contributed by atoms with Gasteiger partial charge in [0, 0.05) is 38.8 Å². The summed E-state index contributed by atoms with van der Waals surface area (Å²) in [7, 11) is 0. The summed E-state index contributed by atoms with van der Waals surface area (Å²) in [5, 5.41) is 13.9. The zero-order valence-corrected chi connectivity index (χ0v) is 17.4. The van der Waals surface area contributed by atoms with Crippen LogP contribution in [0, 0.1) is 6.92 Å². The van der Waals surface area contributed by atoms with Crippen LogP contribution in [0.1, 0.15) is 31.5 Å². The van der Waals surface area contributed by atoms with Crippen molar-refractivity contribution in [1.82, 2.24) is 19.9 Å². The van der Waals surface area contributed by atoms with Gasteiger partial charge >= 0.3 is 0 Å². The summed E-state index contributed by atoms with van der Waals surface area (Å²) >= 11 is 0. The lowest BCUT2D eigenvalue weighted by atomic mass is 9.92. The molecule has 7 nitrogen and oxygen atoms in total. The molecule has 1 fully saturated rings. The molecular formula is C23H29N5O2. The van der Waals surface area contributed by atoms with Crippen LogP contribution >= 0.6 is 0 Å². The molecule has 2 N–H and O–H groups in total. The number of amides is 1. The topological polar surface area (TPSA) is 83.3 Å². The van der Waals surface area contributed by atoms with Gasteiger partial charge in [0.1, 0.15) is 11.6 Å². The molecule has 0 saturated carbocycles. The highest BCUT2D eigenvalue weighted by Gasteiger charge is 2.34. The van der Waals surface area contributed by atoms with Gasteiger partial charge in [0.15, 0.2) is 0 Å². The van der Waals surface area contributed by atoms with Gasteiger partial charge in [-0.05, 0) is 50.5 Å². The number of imidazole rings is 1. The number of pyridine rings is 1. The summed E-state index contributed by atoms with van der Waals surface area (Å²) in [6.45, 7) is 4.35. The highest BCUT2D eigenvalue weighted by Crippen LogP contribution is 2.24. The normalized spacial score (nSPS) is 19.2. The lowest BCUT2D eigenvalue weighted by Gasteiger charge is -2.39. The minimum absolute atomic E-state index is 0.0274. The number of benzene rings is 1. The second kappa shape index (κ2) is 8.83. The number of β-amino-alcohol motifs (C(OH)–C–C–N with tert-alkyl or cyclic N) is 1. The number of para-hydroxylation sites is 2. The Labute approximate surface area is 176 Å². The highest BCUT2D eigenvalue weighted by molar-refractivity contribution is 5.77. The number of carbonyl (C=O) groups excluding carboxylic acids is 1. The molecular weight excluding hydrogens is 378 g/mol. The predicted molar refractivity (Wildman–Crippen MR) is 117 cm³/mol. The van der Waals surface area contributed by atoms with E-state index in [1.54, 1.807) is 6.20 Å². The molecule has 2 aromatic heterocycles. The quantitative estimate of drug-likeness (QED) is 0.629. The van der Waals surface area contributed by atoms with Crippen LogP contribution in [0.4, 0.5) is 5.82 Å². The maximum Gasteiger partial charge on any atom is 0.220 e. The van der Waals surface area contributed by atoms with Crippen molar-refractivity contribution in [3.05, 3.63) is 54.5 Å². The molecule has 4 rings (SSSR count).